The summed E-state index contributed by atoms with van der Waals surface area (Å²) >= 11 is 0. The van der Waals surface area contributed by atoms with Gasteiger partial charge in [0.25, 0.3) is 17.5 Å². The number of aliphatic carboxylic acids is 1. The first kappa shape index (κ1) is 18.3. The minimum absolute atomic E-state index is 0.244. The summed E-state index contributed by atoms with van der Waals surface area (Å²) < 4.78 is 5.24. The number of aliphatic hydroxyl groups excluding tert-OH is 2. The van der Waals surface area contributed by atoms with E-state index in [0.717, 1.165) is 6.92 Å². The molecule has 7 N–H and O–H groups in total. The Hall–Kier alpha value is -2.05. The van der Waals surface area contributed by atoms with Crippen molar-refractivity contribution >= 4 is 17.8 Å². The Kier molecular flexibility index (Phi) is 4.41. The van der Waals surface area contributed by atoms with Crippen molar-refractivity contribution in [3.05, 3.63) is 11.6 Å². The molecule has 2 amide bonds. The molecule has 0 aromatic rings. The molecule has 4 atom stereocenters. The van der Waals surface area contributed by atoms with Crippen molar-refractivity contribution in [3.63, 3.8) is 0 Å². The summed E-state index contributed by atoms with van der Waals surface area (Å²) in [5.41, 5.74) is -7.62. The number of ether oxygens (including phenoxy) is 1. The van der Waals surface area contributed by atoms with Crippen molar-refractivity contribution in [3.8, 4) is 0 Å². The zero-order chi connectivity index (χ0) is 18.3. The van der Waals surface area contributed by atoms with Crippen molar-refractivity contribution in [2.24, 2.45) is 0 Å². The summed E-state index contributed by atoms with van der Waals surface area (Å²) in [5.74, 6) is -3.90. The molecule has 134 valence electrons. The summed E-state index contributed by atoms with van der Waals surface area (Å²) in [4.78, 5) is 35.5. The number of hydrogen-bond donors (Lipinski definition) is 7. The maximum Gasteiger partial charge on any atom is 0.328 e. The molecule has 0 aliphatic carbocycles. The number of carboxylic acids is 1. The summed E-state index contributed by atoms with van der Waals surface area (Å²) in [6, 6.07) is 0. The number of amides is 2. The van der Waals surface area contributed by atoms with Crippen LogP contribution >= 0.6 is 0 Å². The van der Waals surface area contributed by atoms with Crippen LogP contribution in [-0.4, -0.2) is 79.7 Å². The van der Waals surface area contributed by atoms with Crippen LogP contribution in [0.3, 0.4) is 0 Å². The molecule has 3 aliphatic rings. The zero-order valence-electron chi connectivity index (χ0n) is 12.6. The topological polar surface area (TPSA) is 186 Å². The number of hydrogen-bond acceptors (Lipinski definition) is 8. The summed E-state index contributed by atoms with van der Waals surface area (Å²) in [6.07, 6.45) is -1.75. The molecule has 0 saturated carbocycles. The zero-order valence-corrected chi connectivity index (χ0v) is 12.6. The van der Waals surface area contributed by atoms with E-state index in [9.17, 15) is 29.7 Å². The van der Waals surface area contributed by atoms with Gasteiger partial charge in [-0.3, -0.25) is 9.59 Å². The van der Waals surface area contributed by atoms with Crippen LogP contribution < -0.4 is 10.6 Å². The fourth-order valence-corrected chi connectivity index (χ4v) is 2.58. The molecule has 3 saturated heterocycles. The van der Waals surface area contributed by atoms with Gasteiger partial charge in [-0.15, -0.1) is 0 Å². The standard InChI is InChI=1S/C13H18N2O9/c1-11(22,5-16)8(19)13-10(21)14-12(23,9(20)15-13)6(2-3-24-13)4-7(17)18/h4,8,16,19,22-23H,2-3,5H2,1H3,(H,14,21)(H,15,20)(H,17,18)/b6-4+/t8-,11-,12-,13?/m1/s1. The van der Waals surface area contributed by atoms with Gasteiger partial charge in [0, 0.05) is 11.6 Å². The Balaban J connectivity index is 2.49. The van der Waals surface area contributed by atoms with Gasteiger partial charge >= 0.3 is 5.97 Å². The third-order valence-corrected chi connectivity index (χ3v) is 4.02. The largest absolute Gasteiger partial charge is 0.478 e. The monoisotopic (exact) mass is 346 g/mol. The van der Waals surface area contributed by atoms with Crippen molar-refractivity contribution in [1.29, 1.82) is 0 Å². The first-order valence-electron chi connectivity index (χ1n) is 6.96. The number of piperazine rings is 1. The molecule has 0 aromatic heterocycles. The summed E-state index contributed by atoms with van der Waals surface area (Å²) in [5, 5.41) is 52.6. The highest BCUT2D eigenvalue weighted by atomic mass is 16.5. The lowest BCUT2D eigenvalue weighted by molar-refractivity contribution is -0.230. The van der Waals surface area contributed by atoms with E-state index < -0.39 is 47.5 Å². The number of carbonyl (C=O) groups is 3. The molecule has 2 bridgehead atoms. The predicted molar refractivity (Wildman–Crippen MR) is 74.0 cm³/mol. The van der Waals surface area contributed by atoms with Gasteiger partial charge in [-0.05, 0) is 13.3 Å². The van der Waals surface area contributed by atoms with Gasteiger partial charge in [0.05, 0.1) is 13.2 Å². The molecule has 1 unspecified atom stereocenters. The number of fused-ring (bicyclic) bond motifs is 5. The molecule has 0 radical (unpaired) electrons. The minimum Gasteiger partial charge on any atom is -0.478 e. The van der Waals surface area contributed by atoms with Crippen LogP contribution in [-0.2, 0) is 19.1 Å². The normalized spacial score (nSPS) is 35.5. The predicted octanol–water partition coefficient (Wildman–Crippen LogP) is -3.85. The molecular weight excluding hydrogens is 328 g/mol. The number of rotatable bonds is 4. The Bertz CT molecular complexity index is 617. The molecule has 3 rings (SSSR count). The van der Waals surface area contributed by atoms with Gasteiger partial charge in [-0.25, -0.2) is 4.79 Å². The lowest BCUT2D eigenvalue weighted by Gasteiger charge is -2.49. The van der Waals surface area contributed by atoms with Crippen LogP contribution in [0.1, 0.15) is 13.3 Å². The lowest BCUT2D eigenvalue weighted by atomic mass is 9.84. The van der Waals surface area contributed by atoms with Crippen molar-refractivity contribution in [1.82, 2.24) is 10.6 Å². The van der Waals surface area contributed by atoms with E-state index in [4.69, 9.17) is 14.9 Å². The highest BCUT2D eigenvalue weighted by Crippen LogP contribution is 2.33. The third-order valence-electron chi connectivity index (χ3n) is 4.02. The lowest BCUT2D eigenvalue weighted by Crippen LogP contribution is -2.82. The molecule has 3 fully saturated rings. The fraction of sp³-hybridized carbons (Fsp3) is 0.615. The van der Waals surface area contributed by atoms with Crippen LogP contribution in [0.15, 0.2) is 11.6 Å². The summed E-state index contributed by atoms with van der Waals surface area (Å²) in [7, 11) is 0. The van der Waals surface area contributed by atoms with E-state index in [-0.39, 0.29) is 18.6 Å². The number of nitrogens with one attached hydrogen (secondary N) is 2. The van der Waals surface area contributed by atoms with Crippen LogP contribution in [0.25, 0.3) is 0 Å². The second kappa shape index (κ2) is 5.79. The quantitative estimate of drug-likeness (QED) is 0.250. The van der Waals surface area contributed by atoms with Gasteiger partial charge in [-0.1, -0.05) is 0 Å². The second-order valence-corrected chi connectivity index (χ2v) is 5.88. The van der Waals surface area contributed by atoms with Crippen LogP contribution in [0.2, 0.25) is 0 Å². The Morgan fingerprint density at radius 2 is 2.04 bits per heavy atom. The summed E-state index contributed by atoms with van der Waals surface area (Å²) in [6.45, 7) is -0.283. The van der Waals surface area contributed by atoms with E-state index >= 15 is 0 Å². The van der Waals surface area contributed by atoms with E-state index in [2.05, 4.69) is 0 Å². The number of carboxylic acid groups (broad SMARTS) is 1. The number of carbonyl (C=O) groups excluding carboxylic acids is 2. The Labute approximate surface area is 135 Å². The molecule has 0 spiro atoms. The van der Waals surface area contributed by atoms with Gasteiger partial charge in [-0.2, -0.15) is 0 Å². The van der Waals surface area contributed by atoms with Crippen molar-refractivity contribution < 1.29 is 44.7 Å². The maximum atomic E-state index is 12.4. The van der Waals surface area contributed by atoms with Gasteiger partial charge in [0.1, 0.15) is 11.7 Å². The highest BCUT2D eigenvalue weighted by molar-refractivity contribution is 6.03. The first-order chi connectivity index (χ1) is 11.0. The minimum atomic E-state index is -2.63. The second-order valence-electron chi connectivity index (χ2n) is 5.88. The van der Waals surface area contributed by atoms with E-state index in [1.165, 1.54) is 0 Å². The molecular formula is C13H18N2O9. The average Bonchev–Trinajstić information content (AvgIpc) is 2.49. The molecule has 0 aromatic carbocycles. The van der Waals surface area contributed by atoms with Crippen LogP contribution in [0.5, 0.6) is 0 Å². The Morgan fingerprint density at radius 1 is 1.42 bits per heavy atom. The Morgan fingerprint density at radius 3 is 2.58 bits per heavy atom. The first-order valence-corrected chi connectivity index (χ1v) is 6.96. The van der Waals surface area contributed by atoms with Gasteiger partial charge < -0.3 is 40.9 Å². The van der Waals surface area contributed by atoms with Gasteiger partial charge in [0.2, 0.25) is 5.72 Å². The maximum absolute atomic E-state index is 12.4. The third kappa shape index (κ3) is 2.65. The number of aliphatic hydroxyl groups is 4. The van der Waals surface area contributed by atoms with Crippen LogP contribution in [0.4, 0.5) is 0 Å². The van der Waals surface area contributed by atoms with Gasteiger partial charge in [0.15, 0.2) is 0 Å². The fourth-order valence-electron chi connectivity index (χ4n) is 2.58. The SMILES string of the molecule is C[C@@](O)(CO)[C@@H](O)C12NC(=O)[C@@](O)(NC1=O)/C(=C/C(=O)O)CCO2. The molecule has 24 heavy (non-hydrogen) atoms. The molecule has 3 aliphatic heterocycles. The molecule has 3 heterocycles. The highest BCUT2D eigenvalue weighted by Gasteiger charge is 2.63. The van der Waals surface area contributed by atoms with Crippen molar-refractivity contribution in [2.45, 2.75) is 36.5 Å². The van der Waals surface area contributed by atoms with Crippen molar-refractivity contribution in [2.75, 3.05) is 13.2 Å². The van der Waals surface area contributed by atoms with E-state index in [0.29, 0.717) is 6.08 Å². The smallest absolute Gasteiger partial charge is 0.328 e. The molecule has 11 nitrogen and oxygen atoms in total. The van der Waals surface area contributed by atoms with Crippen LogP contribution in [0, 0.1) is 0 Å². The molecule has 11 heteroatoms. The average molecular weight is 346 g/mol. The van der Waals surface area contributed by atoms with E-state index in [1.54, 1.807) is 0 Å². The van der Waals surface area contributed by atoms with E-state index in [1.807, 2.05) is 10.6 Å².